The highest BCUT2D eigenvalue weighted by Crippen LogP contribution is 2.38. The lowest BCUT2D eigenvalue weighted by Gasteiger charge is -2.23. The van der Waals surface area contributed by atoms with Crippen molar-refractivity contribution in [1.82, 2.24) is 5.32 Å². The van der Waals surface area contributed by atoms with Crippen molar-refractivity contribution in [1.29, 1.82) is 0 Å². The third-order valence-electron chi connectivity index (χ3n) is 4.50. The van der Waals surface area contributed by atoms with E-state index in [4.69, 9.17) is 0 Å². The monoisotopic (exact) mass is 436 g/mol. The Bertz CT molecular complexity index is 1020. The van der Waals surface area contributed by atoms with Crippen molar-refractivity contribution in [2.45, 2.75) is 41.4 Å². The lowest BCUT2D eigenvalue weighted by molar-refractivity contribution is -0.121. The van der Waals surface area contributed by atoms with E-state index < -0.39 is 15.7 Å². The molecule has 1 atom stereocenters. The molecule has 2 aromatic carbocycles. The first-order chi connectivity index (χ1) is 13.8. The van der Waals surface area contributed by atoms with E-state index in [0.29, 0.717) is 12.1 Å². The number of amides is 2. The summed E-state index contributed by atoms with van der Waals surface area (Å²) in [5.74, 6) is -1.26. The molecule has 29 heavy (non-hydrogen) atoms. The maximum Gasteiger partial charge on any atom is 0.237 e. The predicted molar refractivity (Wildman–Crippen MR) is 110 cm³/mol. The Balaban J connectivity index is 1.59. The largest absolute Gasteiger partial charge is 0.352 e. The summed E-state index contributed by atoms with van der Waals surface area (Å²) < 4.78 is 38.1. The number of carbonyl (C=O) groups is 2. The molecular formula is C20H21FN2O4S2. The minimum absolute atomic E-state index is 0.0680. The fourth-order valence-corrected chi connectivity index (χ4v) is 5.11. The molecule has 0 aliphatic carbocycles. The SMILES string of the molecule is CCC1Sc2ccc(S(=O)(=O)CCC(=O)NCc3ccc(F)cc3)cc2NC1=O. The smallest absolute Gasteiger partial charge is 0.237 e. The molecule has 154 valence electrons. The Hall–Kier alpha value is -2.39. The van der Waals surface area contributed by atoms with Crippen LogP contribution in [0.5, 0.6) is 0 Å². The molecule has 6 nitrogen and oxygen atoms in total. The second-order valence-corrected chi connectivity index (χ2v) is 9.99. The van der Waals surface area contributed by atoms with Crippen LogP contribution in [0, 0.1) is 5.82 Å². The molecule has 1 aliphatic heterocycles. The van der Waals surface area contributed by atoms with Crippen LogP contribution in [-0.2, 0) is 26.0 Å². The van der Waals surface area contributed by atoms with Crippen LogP contribution in [-0.4, -0.2) is 31.2 Å². The molecule has 0 bridgehead atoms. The van der Waals surface area contributed by atoms with E-state index in [-0.39, 0.29) is 40.6 Å². The van der Waals surface area contributed by atoms with Gasteiger partial charge in [0.15, 0.2) is 9.84 Å². The van der Waals surface area contributed by atoms with Crippen LogP contribution < -0.4 is 10.6 Å². The van der Waals surface area contributed by atoms with E-state index >= 15 is 0 Å². The maximum absolute atomic E-state index is 12.9. The van der Waals surface area contributed by atoms with Crippen LogP contribution in [0.1, 0.15) is 25.3 Å². The second kappa shape index (κ2) is 8.96. The number of hydrogen-bond acceptors (Lipinski definition) is 5. The summed E-state index contributed by atoms with van der Waals surface area (Å²) in [6.45, 7) is 2.11. The maximum atomic E-state index is 12.9. The minimum Gasteiger partial charge on any atom is -0.352 e. The molecule has 0 radical (unpaired) electrons. The van der Waals surface area contributed by atoms with Crippen molar-refractivity contribution in [2.24, 2.45) is 0 Å². The van der Waals surface area contributed by atoms with Gasteiger partial charge in [0, 0.05) is 17.9 Å². The summed E-state index contributed by atoms with van der Waals surface area (Å²) >= 11 is 1.41. The average Bonchev–Trinajstić information content (AvgIpc) is 2.71. The van der Waals surface area contributed by atoms with Crippen molar-refractivity contribution < 1.29 is 22.4 Å². The number of thioether (sulfide) groups is 1. The zero-order valence-corrected chi connectivity index (χ0v) is 17.4. The first kappa shape index (κ1) is 21.3. The molecular weight excluding hydrogens is 415 g/mol. The number of carbonyl (C=O) groups excluding carboxylic acids is 2. The topological polar surface area (TPSA) is 92.3 Å². The van der Waals surface area contributed by atoms with Gasteiger partial charge in [0.25, 0.3) is 0 Å². The van der Waals surface area contributed by atoms with Gasteiger partial charge in [-0.3, -0.25) is 9.59 Å². The zero-order valence-electron chi connectivity index (χ0n) is 15.8. The van der Waals surface area contributed by atoms with Crippen LogP contribution in [0.3, 0.4) is 0 Å². The molecule has 1 heterocycles. The summed E-state index contributed by atoms with van der Waals surface area (Å²) in [6, 6.07) is 10.3. The van der Waals surface area contributed by atoms with Gasteiger partial charge < -0.3 is 10.6 Å². The molecule has 2 N–H and O–H groups in total. The number of anilines is 1. The average molecular weight is 437 g/mol. The molecule has 3 rings (SSSR count). The number of hydrogen-bond donors (Lipinski definition) is 2. The summed E-state index contributed by atoms with van der Waals surface area (Å²) in [6.07, 6.45) is 0.489. The van der Waals surface area contributed by atoms with E-state index in [0.717, 1.165) is 10.5 Å². The molecule has 1 unspecified atom stereocenters. The molecule has 1 aliphatic rings. The molecule has 2 amide bonds. The number of fused-ring (bicyclic) bond motifs is 1. The van der Waals surface area contributed by atoms with E-state index in [9.17, 15) is 22.4 Å². The number of benzene rings is 2. The zero-order chi connectivity index (χ0) is 21.0. The lowest BCUT2D eigenvalue weighted by Crippen LogP contribution is -2.28. The van der Waals surface area contributed by atoms with E-state index in [1.54, 1.807) is 18.2 Å². The Morgan fingerprint density at radius 1 is 1.21 bits per heavy atom. The summed E-state index contributed by atoms with van der Waals surface area (Å²) in [7, 11) is -3.68. The van der Waals surface area contributed by atoms with Gasteiger partial charge in [-0.05, 0) is 42.3 Å². The lowest BCUT2D eigenvalue weighted by atomic mass is 10.2. The van der Waals surface area contributed by atoms with Crippen molar-refractivity contribution in [3.8, 4) is 0 Å². The summed E-state index contributed by atoms with van der Waals surface area (Å²) in [5, 5.41) is 5.19. The molecule has 0 spiro atoms. The van der Waals surface area contributed by atoms with Gasteiger partial charge in [-0.1, -0.05) is 19.1 Å². The fraction of sp³-hybridized carbons (Fsp3) is 0.300. The third kappa shape index (κ3) is 5.36. The van der Waals surface area contributed by atoms with E-state index in [1.165, 1.54) is 36.0 Å². The van der Waals surface area contributed by atoms with Crippen LogP contribution >= 0.6 is 11.8 Å². The van der Waals surface area contributed by atoms with Crippen LogP contribution in [0.2, 0.25) is 0 Å². The molecule has 0 fully saturated rings. The van der Waals surface area contributed by atoms with E-state index in [2.05, 4.69) is 10.6 Å². The van der Waals surface area contributed by atoms with Gasteiger partial charge >= 0.3 is 0 Å². The number of sulfone groups is 1. The Morgan fingerprint density at radius 2 is 1.93 bits per heavy atom. The van der Waals surface area contributed by atoms with Gasteiger partial charge in [0.05, 0.1) is 21.6 Å². The van der Waals surface area contributed by atoms with Crippen LogP contribution in [0.15, 0.2) is 52.3 Å². The van der Waals surface area contributed by atoms with Gasteiger partial charge in [0.1, 0.15) is 5.82 Å². The minimum atomic E-state index is -3.68. The Morgan fingerprint density at radius 3 is 2.62 bits per heavy atom. The number of halogens is 1. The van der Waals surface area contributed by atoms with Crippen LogP contribution in [0.25, 0.3) is 0 Å². The third-order valence-corrected chi connectivity index (χ3v) is 7.66. The fourth-order valence-electron chi connectivity index (χ4n) is 2.83. The second-order valence-electron chi connectivity index (χ2n) is 6.63. The summed E-state index contributed by atoms with van der Waals surface area (Å²) in [4.78, 5) is 24.9. The van der Waals surface area contributed by atoms with Crippen LogP contribution in [0.4, 0.5) is 10.1 Å². The highest BCUT2D eigenvalue weighted by atomic mass is 32.2. The van der Waals surface area contributed by atoms with Gasteiger partial charge in [-0.2, -0.15) is 0 Å². The standard InChI is InChI=1S/C20H21FN2O4S2/c1-2-17-20(25)23-16-11-15(7-8-18(16)28-17)29(26,27)10-9-19(24)22-12-13-3-5-14(21)6-4-13/h3-8,11,17H,2,9-10,12H2,1H3,(H,22,24)(H,23,25). The number of rotatable bonds is 7. The van der Waals surface area contributed by atoms with Crippen molar-refractivity contribution in [2.75, 3.05) is 11.1 Å². The normalized spacial score (nSPS) is 16.1. The van der Waals surface area contributed by atoms with Crippen molar-refractivity contribution >= 4 is 39.1 Å². The first-order valence-electron chi connectivity index (χ1n) is 9.14. The van der Waals surface area contributed by atoms with Gasteiger partial charge in [-0.25, -0.2) is 12.8 Å². The highest BCUT2D eigenvalue weighted by molar-refractivity contribution is 8.01. The first-order valence-corrected chi connectivity index (χ1v) is 11.7. The van der Waals surface area contributed by atoms with Gasteiger partial charge in [0.2, 0.25) is 11.8 Å². The molecule has 0 aromatic heterocycles. The highest BCUT2D eigenvalue weighted by Gasteiger charge is 2.27. The Labute approximate surface area is 173 Å². The van der Waals surface area contributed by atoms with Crippen molar-refractivity contribution in [3.63, 3.8) is 0 Å². The number of nitrogens with one attached hydrogen (secondary N) is 2. The van der Waals surface area contributed by atoms with Gasteiger partial charge in [-0.15, -0.1) is 11.8 Å². The van der Waals surface area contributed by atoms with Crippen molar-refractivity contribution in [3.05, 3.63) is 53.8 Å². The predicted octanol–water partition coefficient (Wildman–Crippen LogP) is 3.13. The molecule has 0 saturated heterocycles. The molecule has 9 heteroatoms. The summed E-state index contributed by atoms with van der Waals surface area (Å²) in [5.41, 5.74) is 1.20. The molecule has 2 aromatic rings. The Kier molecular flexibility index (Phi) is 6.59. The molecule has 0 saturated carbocycles. The van der Waals surface area contributed by atoms with E-state index in [1.807, 2.05) is 6.92 Å². The quantitative estimate of drug-likeness (QED) is 0.696.